The van der Waals surface area contributed by atoms with Crippen molar-refractivity contribution in [3.05, 3.63) is 23.8 Å². The van der Waals surface area contributed by atoms with E-state index in [1.54, 1.807) is 0 Å². The van der Waals surface area contributed by atoms with Gasteiger partial charge in [0.05, 0.1) is 6.34 Å². The third-order valence-corrected chi connectivity index (χ3v) is 1.45. The Labute approximate surface area is 69.1 Å². The fourth-order valence-corrected chi connectivity index (χ4v) is 0.800. The van der Waals surface area contributed by atoms with Gasteiger partial charge in [-0.25, -0.2) is 0 Å². The van der Waals surface area contributed by atoms with Gasteiger partial charge in [0.1, 0.15) is 5.49 Å². The standard InChI is InChI=1S/C6H8BN3O2/c8-4-10-2-1-5(7(11)12)3-6(10)9/h1-4,8-9,11-12H. The molecule has 0 aliphatic carbocycles. The Morgan fingerprint density at radius 1 is 1.50 bits per heavy atom. The summed E-state index contributed by atoms with van der Waals surface area (Å²) in [5, 5.41) is 31.6. The molecule has 0 saturated heterocycles. The van der Waals surface area contributed by atoms with Crippen molar-refractivity contribution in [3.8, 4) is 0 Å². The van der Waals surface area contributed by atoms with E-state index in [4.69, 9.17) is 20.9 Å². The number of aromatic nitrogens is 1. The molecule has 0 aliphatic heterocycles. The normalized spacial score (nSPS) is 9.50. The van der Waals surface area contributed by atoms with E-state index in [0.29, 0.717) is 0 Å². The van der Waals surface area contributed by atoms with E-state index in [0.717, 1.165) is 6.34 Å². The lowest BCUT2D eigenvalue weighted by Gasteiger charge is -2.01. The first-order valence-corrected chi connectivity index (χ1v) is 3.28. The summed E-state index contributed by atoms with van der Waals surface area (Å²) in [6.45, 7) is 0. The van der Waals surface area contributed by atoms with E-state index in [2.05, 4.69) is 0 Å². The molecule has 1 rings (SSSR count). The van der Waals surface area contributed by atoms with Crippen molar-refractivity contribution in [2.24, 2.45) is 0 Å². The number of hydrogen-bond donors (Lipinski definition) is 4. The van der Waals surface area contributed by atoms with Crippen molar-refractivity contribution in [2.45, 2.75) is 0 Å². The third kappa shape index (κ3) is 1.61. The molecular weight excluding hydrogens is 157 g/mol. The molecule has 4 N–H and O–H groups in total. The van der Waals surface area contributed by atoms with Crippen molar-refractivity contribution in [1.29, 1.82) is 10.8 Å². The highest BCUT2D eigenvalue weighted by atomic mass is 16.4. The average molecular weight is 165 g/mol. The highest BCUT2D eigenvalue weighted by molar-refractivity contribution is 6.58. The fraction of sp³-hybridized carbons (Fsp3) is 0. The second-order valence-electron chi connectivity index (χ2n) is 2.26. The first-order chi connectivity index (χ1) is 5.65. The molecule has 1 heterocycles. The van der Waals surface area contributed by atoms with Crippen molar-refractivity contribution >= 4 is 18.9 Å². The number of pyridine rings is 1. The van der Waals surface area contributed by atoms with Gasteiger partial charge in [-0.2, -0.15) is 0 Å². The molecule has 0 aromatic carbocycles. The molecule has 0 radical (unpaired) electrons. The molecule has 6 heteroatoms. The van der Waals surface area contributed by atoms with Gasteiger partial charge in [0, 0.05) is 6.20 Å². The van der Waals surface area contributed by atoms with Crippen LogP contribution in [0.25, 0.3) is 0 Å². The molecule has 0 saturated carbocycles. The van der Waals surface area contributed by atoms with Crippen LogP contribution in [0.3, 0.4) is 0 Å². The van der Waals surface area contributed by atoms with Crippen molar-refractivity contribution in [1.82, 2.24) is 4.57 Å². The summed E-state index contributed by atoms with van der Waals surface area (Å²) < 4.78 is 1.24. The van der Waals surface area contributed by atoms with Gasteiger partial charge >= 0.3 is 7.12 Å². The summed E-state index contributed by atoms with van der Waals surface area (Å²) in [7, 11) is -1.56. The Morgan fingerprint density at radius 2 is 2.17 bits per heavy atom. The lowest BCUT2D eigenvalue weighted by atomic mass is 9.81. The molecule has 0 fully saturated rings. The van der Waals surface area contributed by atoms with Crippen LogP contribution in [0.1, 0.15) is 0 Å². The Morgan fingerprint density at radius 3 is 2.58 bits per heavy atom. The lowest BCUT2D eigenvalue weighted by Crippen LogP contribution is -2.35. The SMILES string of the molecule is N=Cn1ccc(B(O)O)cc1=N. The molecule has 5 nitrogen and oxygen atoms in total. The van der Waals surface area contributed by atoms with Gasteiger partial charge in [-0.1, -0.05) is 0 Å². The van der Waals surface area contributed by atoms with E-state index in [1.807, 2.05) is 0 Å². The number of hydrogen-bond acceptors (Lipinski definition) is 4. The van der Waals surface area contributed by atoms with E-state index < -0.39 is 7.12 Å². The van der Waals surface area contributed by atoms with Gasteiger partial charge in [0.2, 0.25) is 0 Å². The molecule has 12 heavy (non-hydrogen) atoms. The number of rotatable bonds is 2. The Bertz CT molecular complexity index is 347. The van der Waals surface area contributed by atoms with E-state index in [-0.39, 0.29) is 11.0 Å². The summed E-state index contributed by atoms with van der Waals surface area (Å²) in [5.74, 6) is 0. The zero-order valence-corrected chi connectivity index (χ0v) is 6.23. The predicted molar refractivity (Wildman–Crippen MR) is 44.3 cm³/mol. The quantitative estimate of drug-likeness (QED) is 0.234. The molecular formula is C6H8BN3O2. The van der Waals surface area contributed by atoms with Crippen LogP contribution in [-0.2, 0) is 0 Å². The monoisotopic (exact) mass is 165 g/mol. The van der Waals surface area contributed by atoms with Crippen molar-refractivity contribution < 1.29 is 10.0 Å². The molecule has 62 valence electrons. The van der Waals surface area contributed by atoms with Gasteiger partial charge in [0.15, 0.2) is 0 Å². The second kappa shape index (κ2) is 3.33. The van der Waals surface area contributed by atoms with Gasteiger partial charge in [0.25, 0.3) is 0 Å². The minimum Gasteiger partial charge on any atom is -0.423 e. The zero-order valence-electron chi connectivity index (χ0n) is 6.23. The van der Waals surface area contributed by atoms with Crippen molar-refractivity contribution in [3.63, 3.8) is 0 Å². The average Bonchev–Trinajstić information content (AvgIpc) is 2.04. The lowest BCUT2D eigenvalue weighted by molar-refractivity contribution is 0.425. The van der Waals surface area contributed by atoms with Gasteiger partial charge in [-0.3, -0.25) is 15.4 Å². The molecule has 1 aromatic heterocycles. The first kappa shape index (κ1) is 8.70. The topological polar surface area (TPSA) is 93.1 Å². The van der Waals surface area contributed by atoms with Crippen LogP contribution in [0.4, 0.5) is 0 Å². The maximum atomic E-state index is 8.72. The largest absolute Gasteiger partial charge is 0.488 e. The maximum Gasteiger partial charge on any atom is 0.488 e. The summed E-state index contributed by atoms with van der Waals surface area (Å²) >= 11 is 0. The minimum atomic E-state index is -1.56. The van der Waals surface area contributed by atoms with Gasteiger partial charge in [-0.15, -0.1) is 0 Å². The zero-order chi connectivity index (χ0) is 9.14. The maximum absolute atomic E-state index is 8.72. The van der Waals surface area contributed by atoms with Crippen LogP contribution < -0.4 is 11.0 Å². The smallest absolute Gasteiger partial charge is 0.423 e. The summed E-state index contributed by atoms with van der Waals surface area (Å²) in [6.07, 6.45) is 2.39. The summed E-state index contributed by atoms with van der Waals surface area (Å²) in [5.41, 5.74) is 0.286. The first-order valence-electron chi connectivity index (χ1n) is 3.28. The van der Waals surface area contributed by atoms with E-state index in [1.165, 1.54) is 22.9 Å². The highest BCUT2D eigenvalue weighted by Crippen LogP contribution is 1.77. The molecule has 0 bridgehead atoms. The van der Waals surface area contributed by atoms with Crippen LogP contribution in [0.2, 0.25) is 0 Å². The van der Waals surface area contributed by atoms with Crippen LogP contribution in [0, 0.1) is 10.8 Å². The molecule has 0 unspecified atom stereocenters. The minimum absolute atomic E-state index is 0.0376. The molecule has 0 spiro atoms. The van der Waals surface area contributed by atoms with Crippen LogP contribution in [-0.4, -0.2) is 28.1 Å². The van der Waals surface area contributed by atoms with Crippen LogP contribution in [0.15, 0.2) is 18.3 Å². The van der Waals surface area contributed by atoms with Gasteiger partial charge < -0.3 is 10.0 Å². The molecule has 0 amide bonds. The second-order valence-corrected chi connectivity index (χ2v) is 2.26. The Kier molecular flexibility index (Phi) is 2.42. The van der Waals surface area contributed by atoms with Gasteiger partial charge in [-0.05, 0) is 17.6 Å². The van der Waals surface area contributed by atoms with Crippen LogP contribution >= 0.6 is 0 Å². The molecule has 1 aromatic rings. The third-order valence-electron chi connectivity index (χ3n) is 1.45. The van der Waals surface area contributed by atoms with E-state index >= 15 is 0 Å². The number of nitrogens with zero attached hydrogens (tertiary/aromatic N) is 1. The number of nitrogens with one attached hydrogen (secondary N) is 2. The Hall–Kier alpha value is -1.40. The fourth-order valence-electron chi connectivity index (χ4n) is 0.800. The summed E-state index contributed by atoms with van der Waals surface area (Å²) in [6, 6.07) is 2.73. The highest BCUT2D eigenvalue weighted by Gasteiger charge is 2.09. The Balaban J connectivity index is 3.19. The summed E-state index contributed by atoms with van der Waals surface area (Å²) in [4.78, 5) is 0. The van der Waals surface area contributed by atoms with Crippen LogP contribution in [0.5, 0.6) is 0 Å². The van der Waals surface area contributed by atoms with E-state index in [9.17, 15) is 0 Å². The predicted octanol–water partition coefficient (Wildman–Crippen LogP) is -1.90. The molecule has 0 atom stereocenters. The van der Waals surface area contributed by atoms with Crippen molar-refractivity contribution in [2.75, 3.05) is 0 Å². The molecule has 0 aliphatic rings.